The predicted molar refractivity (Wildman–Crippen MR) is 69.7 cm³/mol. The Balaban J connectivity index is 1.88. The molecule has 0 radical (unpaired) electrons. The molecule has 1 saturated carbocycles. The summed E-state index contributed by atoms with van der Waals surface area (Å²) in [4.78, 5) is 10.8. The van der Waals surface area contributed by atoms with Crippen molar-refractivity contribution in [3.63, 3.8) is 0 Å². The molecule has 0 saturated heterocycles. The maximum absolute atomic E-state index is 10.8. The van der Waals surface area contributed by atoms with E-state index in [0.717, 1.165) is 18.6 Å². The largest absolute Gasteiger partial charge is 0.494 e. The van der Waals surface area contributed by atoms with Gasteiger partial charge in [0.25, 0.3) is 0 Å². The van der Waals surface area contributed by atoms with Crippen LogP contribution in [-0.4, -0.2) is 17.7 Å². The molecule has 0 heterocycles. The summed E-state index contributed by atoms with van der Waals surface area (Å²) in [5.74, 6) is 0.933. The fourth-order valence-electron chi connectivity index (χ4n) is 2.54. The van der Waals surface area contributed by atoms with Gasteiger partial charge in [-0.2, -0.15) is 0 Å². The van der Waals surface area contributed by atoms with Gasteiger partial charge in [0.2, 0.25) is 0 Å². The summed E-state index contributed by atoms with van der Waals surface area (Å²) in [6.07, 6.45) is 1.79. The summed E-state index contributed by atoms with van der Waals surface area (Å²) >= 11 is 0. The molecule has 1 fully saturated rings. The summed E-state index contributed by atoms with van der Waals surface area (Å²) in [6, 6.07) is 8.10. The Labute approximate surface area is 108 Å². The van der Waals surface area contributed by atoms with E-state index in [2.05, 4.69) is 19.1 Å². The van der Waals surface area contributed by atoms with Crippen molar-refractivity contribution in [1.29, 1.82) is 0 Å². The predicted octanol–water partition coefficient (Wildman–Crippen LogP) is 2.98. The summed E-state index contributed by atoms with van der Waals surface area (Å²) in [6.45, 7) is 4.79. The Morgan fingerprint density at radius 3 is 2.61 bits per heavy atom. The molecule has 1 aromatic carbocycles. The smallest absolute Gasteiger partial charge is 0.306 e. The molecule has 0 aromatic heterocycles. The van der Waals surface area contributed by atoms with Crippen LogP contribution < -0.4 is 4.74 Å². The highest BCUT2D eigenvalue weighted by atomic mass is 16.5. The van der Waals surface area contributed by atoms with Gasteiger partial charge in [-0.1, -0.05) is 19.1 Å². The van der Waals surface area contributed by atoms with Gasteiger partial charge in [0.1, 0.15) is 5.75 Å². The number of carbonyl (C=O) groups is 1. The molecule has 3 nitrogen and oxygen atoms in total. The Kier molecular flexibility index (Phi) is 3.90. The molecule has 3 heteroatoms. The average Bonchev–Trinajstić information content (AvgIpc) is 3.12. The van der Waals surface area contributed by atoms with E-state index in [0.29, 0.717) is 18.4 Å². The van der Waals surface area contributed by atoms with Crippen molar-refractivity contribution >= 4 is 5.97 Å². The molecule has 1 aliphatic rings. The first kappa shape index (κ1) is 12.9. The van der Waals surface area contributed by atoms with Crippen LogP contribution >= 0.6 is 0 Å². The Hall–Kier alpha value is -1.51. The number of aliphatic carboxylic acids is 1. The molecule has 1 aromatic rings. The highest BCUT2D eigenvalue weighted by Crippen LogP contribution is 2.45. The molecule has 2 rings (SSSR count). The van der Waals surface area contributed by atoms with Crippen molar-refractivity contribution in [1.82, 2.24) is 0 Å². The van der Waals surface area contributed by atoms with E-state index < -0.39 is 5.97 Å². The van der Waals surface area contributed by atoms with Gasteiger partial charge in [-0.3, -0.25) is 4.79 Å². The van der Waals surface area contributed by atoms with E-state index in [9.17, 15) is 4.79 Å². The van der Waals surface area contributed by atoms with E-state index in [-0.39, 0.29) is 5.92 Å². The third-order valence-electron chi connectivity index (χ3n) is 3.68. The zero-order valence-corrected chi connectivity index (χ0v) is 10.9. The third-order valence-corrected chi connectivity index (χ3v) is 3.68. The van der Waals surface area contributed by atoms with Gasteiger partial charge in [-0.05, 0) is 49.3 Å². The Morgan fingerprint density at radius 2 is 2.11 bits per heavy atom. The van der Waals surface area contributed by atoms with Crippen LogP contribution in [0.3, 0.4) is 0 Å². The van der Waals surface area contributed by atoms with Crippen LogP contribution in [0.15, 0.2) is 24.3 Å². The minimum atomic E-state index is -0.640. The normalized spacial score (nSPS) is 23.4. The van der Waals surface area contributed by atoms with Crippen LogP contribution in [0.5, 0.6) is 5.75 Å². The molecule has 0 bridgehead atoms. The molecule has 98 valence electrons. The fourth-order valence-corrected chi connectivity index (χ4v) is 2.54. The minimum Gasteiger partial charge on any atom is -0.494 e. The Morgan fingerprint density at radius 1 is 1.44 bits per heavy atom. The van der Waals surface area contributed by atoms with Crippen molar-refractivity contribution in [2.24, 2.45) is 17.8 Å². The molecule has 1 N–H and O–H groups in total. The first-order valence-electron chi connectivity index (χ1n) is 6.56. The van der Waals surface area contributed by atoms with Crippen LogP contribution in [0.25, 0.3) is 0 Å². The van der Waals surface area contributed by atoms with Crippen molar-refractivity contribution < 1.29 is 14.6 Å². The topological polar surface area (TPSA) is 46.5 Å². The SMILES string of the molecule is CCOc1ccc(CC(C)C2CC2C(=O)O)cc1. The zero-order valence-electron chi connectivity index (χ0n) is 10.9. The number of hydrogen-bond donors (Lipinski definition) is 1. The van der Waals surface area contributed by atoms with Gasteiger partial charge in [-0.15, -0.1) is 0 Å². The van der Waals surface area contributed by atoms with Crippen LogP contribution in [0.4, 0.5) is 0 Å². The molecule has 3 unspecified atom stereocenters. The van der Waals surface area contributed by atoms with Gasteiger partial charge in [0.15, 0.2) is 0 Å². The van der Waals surface area contributed by atoms with E-state index in [1.807, 2.05) is 19.1 Å². The zero-order chi connectivity index (χ0) is 13.1. The maximum atomic E-state index is 10.8. The lowest BCUT2D eigenvalue weighted by Gasteiger charge is -2.11. The molecule has 0 spiro atoms. The highest BCUT2D eigenvalue weighted by Gasteiger charge is 2.45. The van der Waals surface area contributed by atoms with Crippen molar-refractivity contribution in [2.45, 2.75) is 26.7 Å². The van der Waals surface area contributed by atoms with Crippen molar-refractivity contribution in [3.05, 3.63) is 29.8 Å². The van der Waals surface area contributed by atoms with Gasteiger partial charge >= 0.3 is 5.97 Å². The van der Waals surface area contributed by atoms with E-state index in [4.69, 9.17) is 9.84 Å². The van der Waals surface area contributed by atoms with Gasteiger partial charge in [0, 0.05) is 0 Å². The Bertz CT molecular complexity index is 410. The quantitative estimate of drug-likeness (QED) is 0.841. The first-order chi connectivity index (χ1) is 8.61. The van der Waals surface area contributed by atoms with E-state index in [1.165, 1.54) is 5.56 Å². The van der Waals surface area contributed by atoms with Gasteiger partial charge in [-0.25, -0.2) is 0 Å². The summed E-state index contributed by atoms with van der Waals surface area (Å²) in [7, 11) is 0. The van der Waals surface area contributed by atoms with Crippen LogP contribution in [0, 0.1) is 17.8 Å². The van der Waals surface area contributed by atoms with Crippen LogP contribution in [0.2, 0.25) is 0 Å². The molecular formula is C15H20O3. The lowest BCUT2D eigenvalue weighted by atomic mass is 9.95. The second kappa shape index (κ2) is 5.42. The molecule has 0 aliphatic heterocycles. The summed E-state index contributed by atoms with van der Waals surface area (Å²) < 4.78 is 5.40. The monoisotopic (exact) mass is 248 g/mol. The maximum Gasteiger partial charge on any atom is 0.306 e. The number of ether oxygens (including phenoxy) is 1. The number of benzene rings is 1. The average molecular weight is 248 g/mol. The van der Waals surface area contributed by atoms with Crippen LogP contribution in [0.1, 0.15) is 25.8 Å². The minimum absolute atomic E-state index is 0.109. The van der Waals surface area contributed by atoms with Crippen molar-refractivity contribution in [3.8, 4) is 5.75 Å². The van der Waals surface area contributed by atoms with E-state index >= 15 is 0 Å². The summed E-state index contributed by atoms with van der Waals surface area (Å²) in [5, 5.41) is 8.92. The molecule has 0 amide bonds. The molecule has 18 heavy (non-hydrogen) atoms. The van der Waals surface area contributed by atoms with Crippen molar-refractivity contribution in [2.75, 3.05) is 6.61 Å². The third kappa shape index (κ3) is 3.03. The molecule has 1 aliphatic carbocycles. The highest BCUT2D eigenvalue weighted by molar-refractivity contribution is 5.73. The lowest BCUT2D eigenvalue weighted by molar-refractivity contribution is -0.139. The molecule has 3 atom stereocenters. The van der Waals surface area contributed by atoms with Gasteiger partial charge < -0.3 is 9.84 Å². The standard InChI is InChI=1S/C15H20O3/c1-3-18-12-6-4-11(5-7-12)8-10(2)13-9-14(13)15(16)17/h4-7,10,13-14H,3,8-9H2,1-2H3,(H,16,17). The number of carboxylic acids is 1. The summed E-state index contributed by atoms with van der Waals surface area (Å²) in [5.41, 5.74) is 1.25. The fraction of sp³-hybridized carbons (Fsp3) is 0.533. The second-order valence-electron chi connectivity index (χ2n) is 5.10. The second-order valence-corrected chi connectivity index (χ2v) is 5.10. The number of hydrogen-bond acceptors (Lipinski definition) is 2. The molecular weight excluding hydrogens is 228 g/mol. The van der Waals surface area contributed by atoms with Gasteiger partial charge in [0.05, 0.1) is 12.5 Å². The number of carboxylic acid groups (broad SMARTS) is 1. The van der Waals surface area contributed by atoms with Crippen LogP contribution in [-0.2, 0) is 11.2 Å². The first-order valence-corrected chi connectivity index (χ1v) is 6.56. The van der Waals surface area contributed by atoms with E-state index in [1.54, 1.807) is 0 Å². The lowest BCUT2D eigenvalue weighted by Crippen LogP contribution is -2.08. The number of rotatable bonds is 6.